The van der Waals surface area contributed by atoms with Gasteiger partial charge in [-0.25, -0.2) is 9.67 Å². The maximum atomic E-state index is 12.6. The first-order valence-electron chi connectivity index (χ1n) is 10.9. The van der Waals surface area contributed by atoms with Gasteiger partial charge in [0.1, 0.15) is 31.1 Å². The van der Waals surface area contributed by atoms with E-state index in [1.807, 2.05) is 36.4 Å². The number of pyridine rings is 1. The van der Waals surface area contributed by atoms with Crippen LogP contribution < -0.4 is 10.1 Å². The zero-order valence-electron chi connectivity index (χ0n) is 18.6. The van der Waals surface area contributed by atoms with Gasteiger partial charge in [-0.2, -0.15) is 5.10 Å². The minimum absolute atomic E-state index is 0.00239. The number of nitrogens with one attached hydrogen (secondary N) is 1. The van der Waals surface area contributed by atoms with Gasteiger partial charge >= 0.3 is 0 Å². The average Bonchev–Trinajstić information content (AvgIpc) is 3.42. The number of carbonyl (C=O) groups is 2. The molecule has 0 spiro atoms. The SMILES string of the molecule is O=C(CSCC(=O)N1CCOC(COc2ccc(-n3cncn3)cc2)C1)NCc1ccncc1. The van der Waals surface area contributed by atoms with E-state index >= 15 is 0 Å². The van der Waals surface area contributed by atoms with Crippen LogP contribution in [0.5, 0.6) is 5.75 Å². The predicted molar refractivity (Wildman–Crippen MR) is 127 cm³/mol. The molecule has 0 aliphatic carbocycles. The minimum atomic E-state index is -0.207. The molecule has 1 N–H and O–H groups in total. The van der Waals surface area contributed by atoms with Gasteiger partial charge in [-0.15, -0.1) is 11.8 Å². The van der Waals surface area contributed by atoms with Crippen molar-refractivity contribution in [1.82, 2.24) is 30.0 Å². The van der Waals surface area contributed by atoms with Crippen LogP contribution in [-0.2, 0) is 20.9 Å². The highest BCUT2D eigenvalue weighted by Gasteiger charge is 2.24. The number of hydrogen-bond donors (Lipinski definition) is 1. The second-order valence-electron chi connectivity index (χ2n) is 7.60. The molecule has 3 aromatic rings. The third kappa shape index (κ3) is 7.03. The van der Waals surface area contributed by atoms with Gasteiger partial charge in [0, 0.05) is 25.5 Å². The molecule has 4 rings (SSSR count). The molecule has 10 nitrogen and oxygen atoms in total. The van der Waals surface area contributed by atoms with E-state index in [4.69, 9.17) is 9.47 Å². The van der Waals surface area contributed by atoms with Gasteiger partial charge in [0.05, 0.1) is 30.3 Å². The fourth-order valence-electron chi connectivity index (χ4n) is 3.35. The highest BCUT2D eigenvalue weighted by Crippen LogP contribution is 2.16. The summed E-state index contributed by atoms with van der Waals surface area (Å²) in [5, 5.41) is 6.94. The molecule has 1 unspecified atom stereocenters. The molecule has 0 radical (unpaired) electrons. The smallest absolute Gasteiger partial charge is 0.232 e. The van der Waals surface area contributed by atoms with E-state index in [0.717, 1.165) is 11.3 Å². The number of benzene rings is 1. The van der Waals surface area contributed by atoms with Crippen LogP contribution in [0.3, 0.4) is 0 Å². The van der Waals surface area contributed by atoms with Crippen molar-refractivity contribution >= 4 is 23.6 Å². The maximum Gasteiger partial charge on any atom is 0.232 e. The molecule has 2 amide bonds. The molecule has 1 aromatic carbocycles. The fraction of sp³-hybridized carbons (Fsp3) is 0.348. The van der Waals surface area contributed by atoms with Crippen molar-refractivity contribution in [2.24, 2.45) is 0 Å². The summed E-state index contributed by atoms with van der Waals surface area (Å²) in [5.74, 6) is 1.09. The Morgan fingerprint density at radius 1 is 1.12 bits per heavy atom. The van der Waals surface area contributed by atoms with E-state index in [1.54, 1.807) is 28.3 Å². The fourth-order valence-corrected chi connectivity index (χ4v) is 4.09. The first-order valence-corrected chi connectivity index (χ1v) is 12.0. The molecule has 178 valence electrons. The Balaban J connectivity index is 1.14. The normalized spacial score (nSPS) is 15.6. The highest BCUT2D eigenvalue weighted by molar-refractivity contribution is 8.00. The Bertz CT molecular complexity index is 1050. The largest absolute Gasteiger partial charge is 0.491 e. The van der Waals surface area contributed by atoms with E-state index in [9.17, 15) is 9.59 Å². The molecular weight excluding hydrogens is 456 g/mol. The molecule has 1 aliphatic heterocycles. The van der Waals surface area contributed by atoms with Crippen molar-refractivity contribution in [3.05, 3.63) is 67.0 Å². The Labute approximate surface area is 201 Å². The van der Waals surface area contributed by atoms with Gasteiger partial charge < -0.3 is 19.7 Å². The number of nitrogens with zero attached hydrogens (tertiary/aromatic N) is 5. The Kier molecular flexibility index (Phi) is 8.47. The minimum Gasteiger partial charge on any atom is -0.491 e. The van der Waals surface area contributed by atoms with Crippen LogP contribution in [0.15, 0.2) is 61.4 Å². The molecule has 1 aliphatic rings. The molecule has 0 saturated carbocycles. The van der Waals surface area contributed by atoms with Crippen LogP contribution in [0.25, 0.3) is 5.69 Å². The van der Waals surface area contributed by atoms with Crippen molar-refractivity contribution < 1.29 is 19.1 Å². The van der Waals surface area contributed by atoms with Crippen LogP contribution in [0.1, 0.15) is 5.56 Å². The molecule has 0 bridgehead atoms. The summed E-state index contributed by atoms with van der Waals surface area (Å²) >= 11 is 1.31. The van der Waals surface area contributed by atoms with E-state index in [0.29, 0.717) is 38.6 Å². The third-order valence-corrected chi connectivity index (χ3v) is 6.06. The topological polar surface area (TPSA) is 111 Å². The molecule has 1 saturated heterocycles. The van der Waals surface area contributed by atoms with Crippen molar-refractivity contribution in [3.8, 4) is 11.4 Å². The summed E-state index contributed by atoms with van der Waals surface area (Å²) in [6.07, 6.45) is 6.28. The number of carbonyl (C=O) groups excluding carboxylic acids is 2. The number of morpholine rings is 1. The summed E-state index contributed by atoms with van der Waals surface area (Å²) < 4.78 is 13.3. The lowest BCUT2D eigenvalue weighted by molar-refractivity contribution is -0.137. The van der Waals surface area contributed by atoms with Gasteiger partial charge in [-0.1, -0.05) is 0 Å². The summed E-state index contributed by atoms with van der Waals surface area (Å²) in [5.41, 5.74) is 1.87. The molecule has 1 fully saturated rings. The standard InChI is InChI=1S/C23H26N6O4S/c30-22(26-11-18-5-7-24-8-6-18)14-34-15-23(31)28-9-10-32-21(12-28)13-33-20-3-1-19(2-4-20)29-17-25-16-27-29/h1-8,16-17,21H,9-15H2,(H,26,30). The van der Waals surface area contributed by atoms with E-state index < -0.39 is 0 Å². The Hall–Kier alpha value is -3.44. The molecular formula is C23H26N6O4S. The zero-order valence-corrected chi connectivity index (χ0v) is 19.4. The van der Waals surface area contributed by atoms with Gasteiger partial charge in [0.2, 0.25) is 11.8 Å². The summed E-state index contributed by atoms with van der Waals surface area (Å²) in [6, 6.07) is 11.2. The lowest BCUT2D eigenvalue weighted by atomic mass is 10.2. The van der Waals surface area contributed by atoms with Crippen LogP contribution >= 0.6 is 11.8 Å². The van der Waals surface area contributed by atoms with Gasteiger partial charge in [0.15, 0.2) is 0 Å². The van der Waals surface area contributed by atoms with Gasteiger partial charge in [-0.05, 0) is 42.0 Å². The second kappa shape index (κ2) is 12.1. The van der Waals surface area contributed by atoms with E-state index in [2.05, 4.69) is 20.4 Å². The monoisotopic (exact) mass is 482 g/mol. The number of hydrogen-bond acceptors (Lipinski definition) is 8. The van der Waals surface area contributed by atoms with Crippen LogP contribution in [0.2, 0.25) is 0 Å². The third-order valence-electron chi connectivity index (χ3n) is 5.15. The van der Waals surface area contributed by atoms with E-state index in [1.165, 1.54) is 18.1 Å². The lowest BCUT2D eigenvalue weighted by Crippen LogP contribution is -2.48. The summed E-state index contributed by atoms with van der Waals surface area (Å²) in [7, 11) is 0. The number of rotatable bonds is 10. The quantitative estimate of drug-likeness (QED) is 0.461. The zero-order chi connectivity index (χ0) is 23.6. The van der Waals surface area contributed by atoms with Crippen molar-refractivity contribution in [3.63, 3.8) is 0 Å². The molecule has 2 aromatic heterocycles. The second-order valence-corrected chi connectivity index (χ2v) is 8.59. The van der Waals surface area contributed by atoms with Crippen LogP contribution in [-0.4, -0.2) is 80.4 Å². The first-order chi connectivity index (χ1) is 16.7. The maximum absolute atomic E-state index is 12.6. The predicted octanol–water partition coefficient (Wildman–Crippen LogP) is 1.32. The number of aromatic nitrogens is 4. The molecule has 34 heavy (non-hydrogen) atoms. The highest BCUT2D eigenvalue weighted by atomic mass is 32.2. The van der Waals surface area contributed by atoms with Gasteiger partial charge in [0.25, 0.3) is 0 Å². The molecule has 11 heteroatoms. The molecule has 1 atom stereocenters. The van der Waals surface area contributed by atoms with Gasteiger partial charge in [-0.3, -0.25) is 14.6 Å². The number of ether oxygens (including phenoxy) is 2. The van der Waals surface area contributed by atoms with Crippen molar-refractivity contribution in [1.29, 1.82) is 0 Å². The lowest BCUT2D eigenvalue weighted by Gasteiger charge is -2.32. The van der Waals surface area contributed by atoms with Crippen molar-refractivity contribution in [2.75, 3.05) is 37.8 Å². The number of amides is 2. The average molecular weight is 483 g/mol. The Morgan fingerprint density at radius 3 is 2.71 bits per heavy atom. The van der Waals surface area contributed by atoms with E-state index in [-0.39, 0.29) is 29.4 Å². The molecule has 3 heterocycles. The first kappa shape index (κ1) is 23.7. The van der Waals surface area contributed by atoms with Crippen molar-refractivity contribution in [2.45, 2.75) is 12.6 Å². The van der Waals surface area contributed by atoms with Crippen LogP contribution in [0, 0.1) is 0 Å². The Morgan fingerprint density at radius 2 is 1.94 bits per heavy atom. The number of thioether (sulfide) groups is 1. The summed E-state index contributed by atoms with van der Waals surface area (Å²) in [6.45, 7) is 2.25. The summed E-state index contributed by atoms with van der Waals surface area (Å²) in [4.78, 5) is 34.3. The van der Waals surface area contributed by atoms with Crippen LogP contribution in [0.4, 0.5) is 0 Å².